The highest BCUT2D eigenvalue weighted by molar-refractivity contribution is 7.09. The van der Waals surface area contributed by atoms with Crippen LogP contribution < -0.4 is 5.32 Å². The van der Waals surface area contributed by atoms with Crippen molar-refractivity contribution in [3.8, 4) is 5.69 Å². The van der Waals surface area contributed by atoms with Gasteiger partial charge in [-0.1, -0.05) is 23.8 Å². The minimum Gasteiger partial charge on any atom is -0.352 e. The summed E-state index contributed by atoms with van der Waals surface area (Å²) in [6.07, 6.45) is 2.67. The molecule has 0 unspecified atom stereocenters. The molecule has 136 valence electrons. The number of thiophene rings is 1. The molecule has 2 aromatic carbocycles. The summed E-state index contributed by atoms with van der Waals surface area (Å²) >= 11 is 1.71. The summed E-state index contributed by atoms with van der Waals surface area (Å²) in [4.78, 5) is 18.2. The number of hydrogen-bond donors (Lipinski definition) is 1. The van der Waals surface area contributed by atoms with E-state index in [-0.39, 0.29) is 5.91 Å². The smallest absolute Gasteiger partial charge is 0.251 e. The second-order valence-electron chi connectivity index (χ2n) is 6.69. The van der Waals surface area contributed by atoms with Crippen LogP contribution in [0.15, 0.2) is 60.2 Å². The minimum atomic E-state index is -0.0606. The highest BCUT2D eigenvalue weighted by Gasteiger charge is 2.11. The number of rotatable bonds is 5. The van der Waals surface area contributed by atoms with E-state index >= 15 is 0 Å². The molecule has 4 rings (SSSR count). The van der Waals surface area contributed by atoms with E-state index in [0.717, 1.165) is 23.1 Å². The van der Waals surface area contributed by atoms with Crippen LogP contribution in [0.25, 0.3) is 16.7 Å². The van der Waals surface area contributed by atoms with Crippen molar-refractivity contribution in [2.75, 3.05) is 6.54 Å². The summed E-state index contributed by atoms with van der Waals surface area (Å²) in [5.41, 5.74) is 6.00. The van der Waals surface area contributed by atoms with E-state index in [1.54, 1.807) is 11.3 Å². The SMILES string of the molecule is Cc1ccc(-n2cnc3cc(C(=O)NCCc4cccs4)ccc32)c(C)c1. The van der Waals surface area contributed by atoms with E-state index in [0.29, 0.717) is 12.1 Å². The third kappa shape index (κ3) is 3.64. The van der Waals surface area contributed by atoms with Gasteiger partial charge in [-0.2, -0.15) is 0 Å². The quantitative estimate of drug-likeness (QED) is 0.551. The maximum Gasteiger partial charge on any atom is 0.251 e. The molecule has 0 fully saturated rings. The van der Waals surface area contributed by atoms with Gasteiger partial charge in [0.15, 0.2) is 0 Å². The summed E-state index contributed by atoms with van der Waals surface area (Å²) in [5, 5.41) is 5.04. The number of nitrogens with one attached hydrogen (secondary N) is 1. The maximum absolute atomic E-state index is 12.4. The van der Waals surface area contributed by atoms with Crippen LogP contribution >= 0.6 is 11.3 Å². The highest BCUT2D eigenvalue weighted by Crippen LogP contribution is 2.22. The van der Waals surface area contributed by atoms with Gasteiger partial charge in [0.1, 0.15) is 6.33 Å². The monoisotopic (exact) mass is 375 g/mol. The Morgan fingerprint density at radius 1 is 1.15 bits per heavy atom. The Kier molecular flexibility index (Phi) is 4.77. The van der Waals surface area contributed by atoms with Crippen LogP contribution in [0.4, 0.5) is 0 Å². The third-order valence-corrected chi connectivity index (χ3v) is 5.59. The summed E-state index contributed by atoms with van der Waals surface area (Å²) in [6, 6.07) is 16.2. The molecule has 4 aromatic rings. The lowest BCUT2D eigenvalue weighted by Gasteiger charge is -2.09. The van der Waals surface area contributed by atoms with Crippen LogP contribution in [-0.2, 0) is 6.42 Å². The lowest BCUT2D eigenvalue weighted by Crippen LogP contribution is -2.25. The molecule has 0 saturated heterocycles. The van der Waals surface area contributed by atoms with Crippen molar-refractivity contribution in [1.29, 1.82) is 0 Å². The molecule has 0 radical (unpaired) electrons. The van der Waals surface area contributed by atoms with Crippen LogP contribution in [0.5, 0.6) is 0 Å². The van der Waals surface area contributed by atoms with Gasteiger partial charge in [0.05, 0.1) is 16.7 Å². The van der Waals surface area contributed by atoms with Crippen molar-refractivity contribution in [2.24, 2.45) is 0 Å². The molecule has 0 aliphatic rings. The normalized spacial score (nSPS) is 11.0. The van der Waals surface area contributed by atoms with E-state index < -0.39 is 0 Å². The zero-order valence-electron chi connectivity index (χ0n) is 15.4. The molecule has 1 N–H and O–H groups in total. The van der Waals surface area contributed by atoms with Gasteiger partial charge in [-0.15, -0.1) is 11.3 Å². The van der Waals surface area contributed by atoms with Crippen LogP contribution in [0.3, 0.4) is 0 Å². The second-order valence-corrected chi connectivity index (χ2v) is 7.73. The minimum absolute atomic E-state index is 0.0606. The van der Waals surface area contributed by atoms with Gasteiger partial charge in [-0.25, -0.2) is 4.98 Å². The molecule has 4 nitrogen and oxygen atoms in total. The molecule has 0 aliphatic carbocycles. The first-order valence-electron chi connectivity index (χ1n) is 8.97. The van der Waals surface area contributed by atoms with Crippen molar-refractivity contribution in [2.45, 2.75) is 20.3 Å². The Balaban J connectivity index is 1.54. The largest absolute Gasteiger partial charge is 0.352 e. The predicted octanol–water partition coefficient (Wildman–Crippen LogP) is 4.68. The van der Waals surface area contributed by atoms with Crippen molar-refractivity contribution >= 4 is 28.3 Å². The van der Waals surface area contributed by atoms with Gasteiger partial charge < -0.3 is 5.32 Å². The van der Waals surface area contributed by atoms with Crippen LogP contribution in [-0.4, -0.2) is 22.0 Å². The number of carbonyl (C=O) groups excluding carboxylic acids is 1. The van der Waals surface area contributed by atoms with Crippen LogP contribution in [0, 0.1) is 13.8 Å². The number of carbonyl (C=O) groups is 1. The van der Waals surface area contributed by atoms with Gasteiger partial charge >= 0.3 is 0 Å². The fraction of sp³-hybridized carbons (Fsp3) is 0.182. The van der Waals surface area contributed by atoms with Crippen LogP contribution in [0.2, 0.25) is 0 Å². The van der Waals surface area contributed by atoms with Gasteiger partial charge in [0.25, 0.3) is 5.91 Å². The summed E-state index contributed by atoms with van der Waals surface area (Å²) < 4.78 is 2.07. The average Bonchev–Trinajstić information content (AvgIpc) is 3.31. The van der Waals surface area contributed by atoms with Crippen molar-refractivity contribution in [3.05, 3.63) is 81.8 Å². The lowest BCUT2D eigenvalue weighted by atomic mass is 10.1. The standard InChI is InChI=1S/C22H21N3OS/c1-15-5-7-20(16(2)12-15)25-14-24-19-13-17(6-8-21(19)25)22(26)23-10-9-18-4-3-11-27-18/h3-8,11-14H,9-10H2,1-2H3,(H,23,26). The van der Waals surface area contributed by atoms with Crippen molar-refractivity contribution < 1.29 is 4.79 Å². The van der Waals surface area contributed by atoms with Gasteiger partial charge in [-0.3, -0.25) is 9.36 Å². The summed E-state index contributed by atoms with van der Waals surface area (Å²) in [6.45, 7) is 4.82. The van der Waals surface area contributed by atoms with Gasteiger partial charge in [0, 0.05) is 17.0 Å². The number of amides is 1. The molecular weight excluding hydrogens is 354 g/mol. The maximum atomic E-state index is 12.4. The first-order chi connectivity index (χ1) is 13.1. The van der Waals surface area contributed by atoms with E-state index in [4.69, 9.17) is 0 Å². The zero-order chi connectivity index (χ0) is 18.8. The molecule has 2 aromatic heterocycles. The highest BCUT2D eigenvalue weighted by atomic mass is 32.1. The molecule has 0 spiro atoms. The number of benzene rings is 2. The van der Waals surface area contributed by atoms with Crippen molar-refractivity contribution in [1.82, 2.24) is 14.9 Å². The Labute approximate surface area is 162 Å². The van der Waals surface area contributed by atoms with Gasteiger partial charge in [0.2, 0.25) is 0 Å². The first kappa shape index (κ1) is 17.5. The number of fused-ring (bicyclic) bond motifs is 1. The number of aryl methyl sites for hydroxylation is 2. The lowest BCUT2D eigenvalue weighted by molar-refractivity contribution is 0.0954. The molecule has 0 bridgehead atoms. The first-order valence-corrected chi connectivity index (χ1v) is 9.85. The summed E-state index contributed by atoms with van der Waals surface area (Å²) in [5.74, 6) is -0.0606. The van der Waals surface area contributed by atoms with E-state index in [1.165, 1.54) is 16.0 Å². The van der Waals surface area contributed by atoms with Gasteiger partial charge in [-0.05, 0) is 61.5 Å². The topological polar surface area (TPSA) is 46.9 Å². The molecule has 1 amide bonds. The van der Waals surface area contributed by atoms with E-state index in [9.17, 15) is 4.79 Å². The van der Waals surface area contributed by atoms with E-state index in [2.05, 4.69) is 58.4 Å². The Morgan fingerprint density at radius 2 is 2.04 bits per heavy atom. The molecule has 0 aliphatic heterocycles. The molecule has 2 heterocycles. The Hall–Kier alpha value is -2.92. The number of nitrogens with zero attached hydrogens (tertiary/aromatic N) is 2. The van der Waals surface area contributed by atoms with Crippen molar-refractivity contribution in [3.63, 3.8) is 0 Å². The third-order valence-electron chi connectivity index (χ3n) is 4.66. The molecule has 27 heavy (non-hydrogen) atoms. The number of imidazole rings is 1. The number of hydrogen-bond acceptors (Lipinski definition) is 3. The predicted molar refractivity (Wildman–Crippen MR) is 111 cm³/mol. The molecule has 0 saturated carbocycles. The molecule has 5 heteroatoms. The Bertz CT molecular complexity index is 1100. The fourth-order valence-corrected chi connectivity index (χ4v) is 3.99. The van der Waals surface area contributed by atoms with E-state index in [1.807, 2.05) is 30.6 Å². The van der Waals surface area contributed by atoms with Crippen LogP contribution in [0.1, 0.15) is 26.4 Å². The molecule has 0 atom stereocenters. The average molecular weight is 375 g/mol. The number of aromatic nitrogens is 2. The molecular formula is C22H21N3OS. The summed E-state index contributed by atoms with van der Waals surface area (Å²) in [7, 11) is 0. The Morgan fingerprint density at radius 3 is 2.81 bits per heavy atom. The zero-order valence-corrected chi connectivity index (χ0v) is 16.2. The fourth-order valence-electron chi connectivity index (χ4n) is 3.28. The second kappa shape index (κ2) is 7.37.